The summed E-state index contributed by atoms with van der Waals surface area (Å²) in [6.07, 6.45) is 0.688. The van der Waals surface area contributed by atoms with Crippen LogP contribution in [0.5, 0.6) is 11.5 Å². The van der Waals surface area contributed by atoms with Gasteiger partial charge in [-0.1, -0.05) is 29.8 Å². The van der Waals surface area contributed by atoms with Gasteiger partial charge in [0.05, 0.1) is 19.9 Å². The molecule has 0 atom stereocenters. The molecule has 0 spiro atoms. The normalized spacial score (nSPS) is 10.6. The maximum absolute atomic E-state index is 12.6. The highest BCUT2D eigenvalue weighted by Crippen LogP contribution is 2.29. The zero-order chi connectivity index (χ0) is 20.1. The molecule has 3 aromatic rings. The van der Waals surface area contributed by atoms with E-state index in [0.29, 0.717) is 34.4 Å². The number of hydrogen-bond donors (Lipinski definition) is 1. The molecule has 2 aromatic carbocycles. The lowest BCUT2D eigenvalue weighted by atomic mass is 10.1. The van der Waals surface area contributed by atoms with Crippen LogP contribution in [0.15, 0.2) is 42.5 Å². The number of aromatic nitrogens is 1. The minimum absolute atomic E-state index is 0.115. The predicted octanol–water partition coefficient (Wildman–Crippen LogP) is 4.76. The third kappa shape index (κ3) is 4.64. The van der Waals surface area contributed by atoms with Crippen molar-refractivity contribution in [3.8, 4) is 22.1 Å². The fourth-order valence-electron chi connectivity index (χ4n) is 2.76. The second-order valence-electron chi connectivity index (χ2n) is 6.14. The van der Waals surface area contributed by atoms with E-state index in [1.807, 2.05) is 49.4 Å². The van der Waals surface area contributed by atoms with Crippen molar-refractivity contribution in [2.45, 2.75) is 13.3 Å². The third-order valence-electron chi connectivity index (χ3n) is 4.24. The summed E-state index contributed by atoms with van der Waals surface area (Å²) < 4.78 is 10.6. The van der Waals surface area contributed by atoms with Gasteiger partial charge in [0.2, 0.25) is 0 Å². The number of benzene rings is 2. The molecule has 28 heavy (non-hydrogen) atoms. The smallest absolute Gasteiger partial charge is 0.263 e. The molecule has 3 rings (SSSR count). The van der Waals surface area contributed by atoms with Crippen molar-refractivity contribution >= 4 is 28.8 Å². The second kappa shape index (κ2) is 9.08. The molecule has 0 aliphatic carbocycles. The number of methoxy groups -OCH3 is 2. The fourth-order valence-corrected chi connectivity index (χ4v) is 3.87. The number of carbonyl (C=O) groups excluding carboxylic acids is 1. The zero-order valence-corrected chi connectivity index (χ0v) is 17.5. The highest BCUT2D eigenvalue weighted by atomic mass is 35.5. The number of aryl methyl sites for hydroxylation is 1. The van der Waals surface area contributed by atoms with E-state index in [4.69, 9.17) is 21.1 Å². The Kier molecular flexibility index (Phi) is 6.54. The topological polar surface area (TPSA) is 60.5 Å². The van der Waals surface area contributed by atoms with Crippen LogP contribution >= 0.6 is 22.9 Å². The Morgan fingerprint density at radius 3 is 2.50 bits per heavy atom. The summed E-state index contributed by atoms with van der Waals surface area (Å²) in [5, 5.41) is 4.44. The van der Waals surface area contributed by atoms with E-state index in [1.54, 1.807) is 14.2 Å². The SMILES string of the molecule is COc1ccc(CCNC(=O)c2sc(-c3ccc(Cl)cc3)nc2C)cc1OC. The lowest BCUT2D eigenvalue weighted by Crippen LogP contribution is -2.25. The number of hydrogen-bond acceptors (Lipinski definition) is 5. The Balaban J connectivity index is 1.63. The molecule has 0 unspecified atom stereocenters. The number of nitrogens with one attached hydrogen (secondary N) is 1. The van der Waals surface area contributed by atoms with Gasteiger partial charge in [0.1, 0.15) is 9.88 Å². The molecule has 0 saturated heterocycles. The van der Waals surface area contributed by atoms with E-state index in [9.17, 15) is 4.79 Å². The van der Waals surface area contributed by atoms with E-state index in [1.165, 1.54) is 11.3 Å². The van der Waals surface area contributed by atoms with Gasteiger partial charge in [0.25, 0.3) is 5.91 Å². The van der Waals surface area contributed by atoms with Gasteiger partial charge in [0.15, 0.2) is 11.5 Å². The summed E-state index contributed by atoms with van der Waals surface area (Å²) >= 11 is 7.31. The number of rotatable bonds is 7. The molecule has 0 saturated carbocycles. The second-order valence-corrected chi connectivity index (χ2v) is 7.57. The first-order valence-corrected chi connectivity index (χ1v) is 9.93. The van der Waals surface area contributed by atoms with Gasteiger partial charge in [-0.05, 0) is 43.2 Å². The first kappa shape index (κ1) is 20.2. The summed E-state index contributed by atoms with van der Waals surface area (Å²) in [4.78, 5) is 17.7. The van der Waals surface area contributed by atoms with Gasteiger partial charge < -0.3 is 14.8 Å². The van der Waals surface area contributed by atoms with Gasteiger partial charge in [-0.2, -0.15) is 0 Å². The number of amides is 1. The average Bonchev–Trinajstić information content (AvgIpc) is 3.10. The number of thiazole rings is 1. The quantitative estimate of drug-likeness (QED) is 0.603. The maximum Gasteiger partial charge on any atom is 0.263 e. The van der Waals surface area contributed by atoms with Crippen molar-refractivity contribution in [1.82, 2.24) is 10.3 Å². The molecule has 5 nitrogen and oxygen atoms in total. The largest absolute Gasteiger partial charge is 0.493 e. The van der Waals surface area contributed by atoms with Crippen molar-refractivity contribution in [1.29, 1.82) is 0 Å². The van der Waals surface area contributed by atoms with Gasteiger partial charge in [-0.15, -0.1) is 11.3 Å². The van der Waals surface area contributed by atoms with Crippen molar-refractivity contribution < 1.29 is 14.3 Å². The van der Waals surface area contributed by atoms with Crippen LogP contribution in [-0.4, -0.2) is 31.7 Å². The lowest BCUT2D eigenvalue weighted by molar-refractivity contribution is 0.0957. The molecule has 1 amide bonds. The van der Waals surface area contributed by atoms with Gasteiger partial charge in [-0.25, -0.2) is 4.98 Å². The Hall–Kier alpha value is -2.57. The highest BCUT2D eigenvalue weighted by Gasteiger charge is 2.16. The molecule has 0 aliphatic heterocycles. The first-order chi connectivity index (χ1) is 13.5. The van der Waals surface area contributed by atoms with Crippen LogP contribution in [0, 0.1) is 6.92 Å². The molecule has 0 radical (unpaired) electrons. The van der Waals surface area contributed by atoms with Crippen molar-refractivity contribution in [2.75, 3.05) is 20.8 Å². The maximum atomic E-state index is 12.6. The van der Waals surface area contributed by atoms with Gasteiger partial charge in [-0.3, -0.25) is 4.79 Å². The van der Waals surface area contributed by atoms with Crippen LogP contribution in [0.4, 0.5) is 0 Å². The van der Waals surface area contributed by atoms with Crippen LogP contribution in [0.25, 0.3) is 10.6 Å². The zero-order valence-electron chi connectivity index (χ0n) is 15.9. The molecule has 1 aromatic heterocycles. The van der Waals surface area contributed by atoms with Gasteiger partial charge in [0, 0.05) is 17.1 Å². The summed E-state index contributed by atoms with van der Waals surface area (Å²) in [6, 6.07) is 13.2. The Bertz CT molecular complexity index is 970. The predicted molar refractivity (Wildman–Crippen MR) is 113 cm³/mol. The highest BCUT2D eigenvalue weighted by molar-refractivity contribution is 7.17. The summed E-state index contributed by atoms with van der Waals surface area (Å²) in [7, 11) is 3.21. The molecular formula is C21H21ClN2O3S. The number of ether oxygens (including phenoxy) is 2. The van der Waals surface area contributed by atoms with Crippen molar-refractivity contribution in [3.05, 3.63) is 63.6 Å². The molecule has 0 aliphatic rings. The standard InChI is InChI=1S/C21H21ClN2O3S/c1-13-19(28-21(24-13)15-5-7-16(22)8-6-15)20(25)23-11-10-14-4-9-17(26-2)18(12-14)27-3/h4-9,12H,10-11H2,1-3H3,(H,23,25). The van der Waals surface area contributed by atoms with E-state index in [0.717, 1.165) is 21.8 Å². The molecule has 1 heterocycles. The molecule has 0 bridgehead atoms. The summed E-state index contributed by atoms with van der Waals surface area (Å²) in [5.74, 6) is 1.25. The number of nitrogens with zero attached hydrogens (tertiary/aromatic N) is 1. The minimum atomic E-state index is -0.115. The summed E-state index contributed by atoms with van der Waals surface area (Å²) in [6.45, 7) is 2.36. The first-order valence-electron chi connectivity index (χ1n) is 8.74. The monoisotopic (exact) mass is 416 g/mol. The van der Waals surface area contributed by atoms with Crippen LogP contribution in [0.1, 0.15) is 20.9 Å². The molecular weight excluding hydrogens is 396 g/mol. The third-order valence-corrected chi connectivity index (χ3v) is 5.70. The number of halogens is 1. The van der Waals surface area contributed by atoms with E-state index >= 15 is 0 Å². The average molecular weight is 417 g/mol. The van der Waals surface area contributed by atoms with E-state index < -0.39 is 0 Å². The Morgan fingerprint density at radius 2 is 1.82 bits per heavy atom. The Labute approximate surface area is 173 Å². The molecule has 0 fully saturated rings. The van der Waals surface area contributed by atoms with Crippen LogP contribution in [0.2, 0.25) is 5.02 Å². The van der Waals surface area contributed by atoms with Crippen LogP contribution < -0.4 is 14.8 Å². The minimum Gasteiger partial charge on any atom is -0.493 e. The molecule has 1 N–H and O–H groups in total. The fraction of sp³-hybridized carbons (Fsp3) is 0.238. The van der Waals surface area contributed by atoms with E-state index in [-0.39, 0.29) is 5.91 Å². The van der Waals surface area contributed by atoms with Crippen LogP contribution in [-0.2, 0) is 6.42 Å². The Morgan fingerprint density at radius 1 is 1.11 bits per heavy atom. The molecule has 146 valence electrons. The van der Waals surface area contributed by atoms with Crippen molar-refractivity contribution in [3.63, 3.8) is 0 Å². The number of carbonyl (C=O) groups is 1. The van der Waals surface area contributed by atoms with Crippen LogP contribution in [0.3, 0.4) is 0 Å². The summed E-state index contributed by atoms with van der Waals surface area (Å²) in [5.41, 5.74) is 2.72. The molecule has 7 heteroatoms. The van der Waals surface area contributed by atoms with Gasteiger partial charge >= 0.3 is 0 Å². The van der Waals surface area contributed by atoms with E-state index in [2.05, 4.69) is 10.3 Å². The van der Waals surface area contributed by atoms with Crippen molar-refractivity contribution in [2.24, 2.45) is 0 Å². The lowest BCUT2D eigenvalue weighted by Gasteiger charge is -2.10.